The molecule has 0 fully saturated rings. The minimum absolute atomic E-state index is 0.522. The molecule has 0 heterocycles. The van der Waals surface area contributed by atoms with E-state index in [4.69, 9.17) is 10.2 Å². The van der Waals surface area contributed by atoms with Gasteiger partial charge in [-0.15, -0.1) is 0 Å². The van der Waals surface area contributed by atoms with Crippen molar-refractivity contribution in [1.82, 2.24) is 0 Å². The maximum Gasteiger partial charge on any atom is 0.240 e. The molecule has 0 atom stereocenters. The zero-order valence-electron chi connectivity index (χ0n) is 14.6. The van der Waals surface area contributed by atoms with Crippen molar-refractivity contribution in [3.05, 3.63) is 42.5 Å². The van der Waals surface area contributed by atoms with Crippen LogP contribution in [0.5, 0.6) is 0 Å². The molecule has 27 heavy (non-hydrogen) atoms. The number of hydrogen-bond acceptors (Lipinski definition) is 8. The molecule has 138 valence electrons. The molecule has 8 nitrogen and oxygen atoms in total. The van der Waals surface area contributed by atoms with Gasteiger partial charge in [0.15, 0.2) is 0 Å². The fraction of sp³-hybridized carbons (Fsp3) is 0.263. The van der Waals surface area contributed by atoms with Crippen molar-refractivity contribution in [2.45, 2.75) is 19.3 Å². The monoisotopic (exact) mass is 366 g/mol. The lowest BCUT2D eigenvalue weighted by Gasteiger charge is -1.98. The number of nitrogens with zero attached hydrogens (tertiary/aromatic N) is 3. The van der Waals surface area contributed by atoms with Crippen molar-refractivity contribution >= 4 is 40.8 Å². The van der Waals surface area contributed by atoms with E-state index in [0.717, 1.165) is 36.1 Å². The highest BCUT2D eigenvalue weighted by Gasteiger charge is 1.96. The van der Waals surface area contributed by atoms with E-state index in [1.165, 1.54) is 12.2 Å². The van der Waals surface area contributed by atoms with Crippen LogP contribution in [0.2, 0.25) is 0 Å². The predicted octanol–water partition coefficient (Wildman–Crippen LogP) is 3.54. The molecule has 2 aromatic rings. The Balaban J connectivity index is 0.000000444. The number of rotatable bonds is 7. The highest BCUT2D eigenvalue weighted by atomic mass is 16.1. The Labute approximate surface area is 155 Å². The first-order chi connectivity index (χ1) is 13.2. The first kappa shape index (κ1) is 23.2. The SMILES string of the molecule is N=C=O.O=C=NCCCCCN=C=O.O=C=Nc1cccc2ccccc12. The third-order valence-electron chi connectivity index (χ3n) is 3.10. The van der Waals surface area contributed by atoms with Crippen LogP contribution in [0.15, 0.2) is 57.4 Å². The number of hydrogen-bond donors (Lipinski definition) is 1. The third-order valence-corrected chi connectivity index (χ3v) is 3.10. The standard InChI is InChI=1S/C11H7NO.C7H10N2O2.CHNO/c13-8-12-11-7-3-5-9-4-1-2-6-10(9)11;10-6-8-4-2-1-3-5-9-7-11;2-1-3/h1-7H;1-5H2;2H. The zero-order valence-corrected chi connectivity index (χ0v) is 14.6. The van der Waals surface area contributed by atoms with E-state index in [9.17, 15) is 14.4 Å². The number of unbranched alkanes of at least 4 members (excludes halogenated alkanes) is 2. The molecule has 2 aromatic carbocycles. The van der Waals surface area contributed by atoms with E-state index >= 15 is 0 Å². The molecule has 1 N–H and O–H groups in total. The molecular weight excluding hydrogens is 348 g/mol. The highest BCUT2D eigenvalue weighted by molar-refractivity contribution is 5.93. The van der Waals surface area contributed by atoms with Gasteiger partial charge in [-0.1, -0.05) is 36.4 Å². The van der Waals surface area contributed by atoms with Gasteiger partial charge in [0.05, 0.1) is 18.8 Å². The summed E-state index contributed by atoms with van der Waals surface area (Å²) in [5.74, 6) is 0. The van der Waals surface area contributed by atoms with E-state index < -0.39 is 0 Å². The Kier molecular flexibility index (Phi) is 14.7. The molecule has 2 rings (SSSR count). The molecule has 0 saturated carbocycles. The molecule has 0 bridgehead atoms. The molecule has 0 unspecified atom stereocenters. The summed E-state index contributed by atoms with van der Waals surface area (Å²) < 4.78 is 0. The van der Waals surface area contributed by atoms with Crippen LogP contribution in [0.3, 0.4) is 0 Å². The molecule has 0 saturated heterocycles. The van der Waals surface area contributed by atoms with Gasteiger partial charge in [-0.2, -0.15) is 4.99 Å². The Hall–Kier alpha value is -3.78. The summed E-state index contributed by atoms with van der Waals surface area (Å²) in [7, 11) is 0. The van der Waals surface area contributed by atoms with Gasteiger partial charge < -0.3 is 0 Å². The minimum Gasteiger partial charge on any atom is -0.222 e. The lowest BCUT2D eigenvalue weighted by molar-refractivity contribution is 0.560. The van der Waals surface area contributed by atoms with Gasteiger partial charge in [0.1, 0.15) is 0 Å². The van der Waals surface area contributed by atoms with Crippen molar-refractivity contribution < 1.29 is 19.2 Å². The lowest BCUT2D eigenvalue weighted by Crippen LogP contribution is -1.84. The van der Waals surface area contributed by atoms with Gasteiger partial charge in [0.2, 0.25) is 24.3 Å². The van der Waals surface area contributed by atoms with E-state index in [1.54, 1.807) is 12.1 Å². The molecule has 0 radical (unpaired) electrons. The first-order valence-electron chi connectivity index (χ1n) is 7.91. The summed E-state index contributed by atoms with van der Waals surface area (Å²) >= 11 is 0. The Morgan fingerprint density at radius 2 is 1.30 bits per heavy atom. The number of carbonyl (C=O) groups excluding carboxylic acids is 4. The van der Waals surface area contributed by atoms with Gasteiger partial charge in [-0.05, 0) is 30.7 Å². The smallest absolute Gasteiger partial charge is 0.222 e. The fourth-order valence-corrected chi connectivity index (χ4v) is 2.00. The van der Waals surface area contributed by atoms with Crippen LogP contribution < -0.4 is 0 Å². The minimum atomic E-state index is 0.522. The molecule has 0 aliphatic carbocycles. The van der Waals surface area contributed by atoms with Gasteiger partial charge >= 0.3 is 0 Å². The van der Waals surface area contributed by atoms with Crippen molar-refractivity contribution in [3.63, 3.8) is 0 Å². The highest BCUT2D eigenvalue weighted by Crippen LogP contribution is 2.24. The second kappa shape index (κ2) is 17.1. The number of isocyanates is 4. The normalized spacial score (nSPS) is 8.15. The van der Waals surface area contributed by atoms with E-state index in [2.05, 4.69) is 15.0 Å². The topological polar surface area (TPSA) is 129 Å². The molecule has 0 aliphatic rings. The van der Waals surface area contributed by atoms with Crippen LogP contribution >= 0.6 is 0 Å². The molecule has 0 amide bonds. The number of fused-ring (bicyclic) bond motifs is 1. The summed E-state index contributed by atoms with van der Waals surface area (Å²) in [6, 6.07) is 13.5. The van der Waals surface area contributed by atoms with Gasteiger partial charge in [-0.3, -0.25) is 0 Å². The third kappa shape index (κ3) is 11.4. The average molecular weight is 366 g/mol. The quantitative estimate of drug-likeness (QED) is 0.456. The maximum atomic E-state index is 10.1. The largest absolute Gasteiger partial charge is 0.240 e. The van der Waals surface area contributed by atoms with Crippen molar-refractivity contribution in [3.8, 4) is 0 Å². The summed E-state index contributed by atoms with van der Waals surface area (Å²) in [5.41, 5.74) is 0.674. The van der Waals surface area contributed by atoms with Gasteiger partial charge in [-0.25, -0.2) is 34.6 Å². The number of benzene rings is 2. The molecule has 0 aliphatic heterocycles. The van der Waals surface area contributed by atoms with Crippen molar-refractivity contribution in [1.29, 1.82) is 5.41 Å². The van der Waals surface area contributed by atoms with Crippen molar-refractivity contribution in [2.75, 3.05) is 13.1 Å². The lowest BCUT2D eigenvalue weighted by atomic mass is 10.1. The molecule has 8 heteroatoms. The van der Waals surface area contributed by atoms with Crippen LogP contribution in [0, 0.1) is 5.41 Å². The maximum absolute atomic E-state index is 10.1. The van der Waals surface area contributed by atoms with E-state index in [1.807, 2.05) is 36.4 Å². The van der Waals surface area contributed by atoms with Crippen LogP contribution in [0.4, 0.5) is 5.69 Å². The molecule has 0 spiro atoms. The Morgan fingerprint density at radius 1 is 0.741 bits per heavy atom. The van der Waals surface area contributed by atoms with Crippen LogP contribution in [-0.4, -0.2) is 37.4 Å². The summed E-state index contributed by atoms with van der Waals surface area (Å²) in [6.45, 7) is 1.04. The number of aliphatic imine (C=N–C) groups is 3. The molecular formula is C19H18N4O4. The summed E-state index contributed by atoms with van der Waals surface area (Å²) in [6.07, 6.45) is 7.85. The Bertz CT molecular complexity index is 847. The summed E-state index contributed by atoms with van der Waals surface area (Å²) in [5, 5.41) is 7.47. The Morgan fingerprint density at radius 3 is 1.85 bits per heavy atom. The van der Waals surface area contributed by atoms with Crippen LogP contribution in [0.1, 0.15) is 19.3 Å². The fourth-order valence-electron chi connectivity index (χ4n) is 2.00. The number of nitrogens with one attached hydrogen (secondary N) is 1. The van der Waals surface area contributed by atoms with Crippen LogP contribution in [-0.2, 0) is 19.2 Å². The van der Waals surface area contributed by atoms with Gasteiger partial charge in [0, 0.05) is 5.39 Å². The second-order valence-corrected chi connectivity index (χ2v) is 4.81. The summed E-state index contributed by atoms with van der Waals surface area (Å²) in [4.78, 5) is 48.0. The zero-order chi connectivity index (χ0) is 20.2. The van der Waals surface area contributed by atoms with Crippen LogP contribution in [0.25, 0.3) is 10.8 Å². The van der Waals surface area contributed by atoms with Gasteiger partial charge in [0.25, 0.3) is 0 Å². The van der Waals surface area contributed by atoms with E-state index in [-0.39, 0.29) is 0 Å². The average Bonchev–Trinajstić information content (AvgIpc) is 2.69. The van der Waals surface area contributed by atoms with Crippen molar-refractivity contribution in [2.24, 2.45) is 15.0 Å². The second-order valence-electron chi connectivity index (χ2n) is 4.81. The predicted molar refractivity (Wildman–Crippen MR) is 100.0 cm³/mol. The molecule has 0 aromatic heterocycles. The van der Waals surface area contributed by atoms with E-state index in [0.29, 0.717) is 18.8 Å². The first-order valence-corrected chi connectivity index (χ1v) is 7.91.